The number of carbonyl (C=O) groups is 2. The van der Waals surface area contributed by atoms with Crippen molar-refractivity contribution in [3.63, 3.8) is 0 Å². The Hall–Kier alpha value is -1.63. The number of hydrogen-bond acceptors (Lipinski definition) is 4. The first-order valence-corrected chi connectivity index (χ1v) is 5.77. The van der Waals surface area contributed by atoms with Gasteiger partial charge in [0, 0.05) is 0 Å². The van der Waals surface area contributed by atoms with Crippen LogP contribution in [0, 0.1) is 5.82 Å². The van der Waals surface area contributed by atoms with E-state index in [4.69, 9.17) is 10.5 Å². The molecule has 0 aromatic heterocycles. The summed E-state index contributed by atoms with van der Waals surface area (Å²) in [6, 6.07) is 2.48. The molecule has 7 heteroatoms. The van der Waals surface area contributed by atoms with Gasteiger partial charge in [-0.3, -0.25) is 4.79 Å². The first-order valence-electron chi connectivity index (χ1n) is 4.97. The summed E-state index contributed by atoms with van der Waals surface area (Å²) in [5.41, 5.74) is 4.86. The Kier molecular flexibility index (Phi) is 5.08. The lowest BCUT2D eigenvalue weighted by molar-refractivity contribution is 0.0944. The zero-order valence-corrected chi connectivity index (χ0v) is 11.1. The van der Waals surface area contributed by atoms with Crippen LogP contribution in [0.1, 0.15) is 17.3 Å². The maximum absolute atomic E-state index is 13.2. The third kappa shape index (κ3) is 3.69. The molecule has 0 saturated carbocycles. The number of hydrogen-bond donors (Lipinski definition) is 1. The normalized spacial score (nSPS) is 11.7. The van der Waals surface area contributed by atoms with Crippen LogP contribution in [0.15, 0.2) is 16.6 Å². The fourth-order valence-corrected chi connectivity index (χ4v) is 1.63. The Labute approximate surface area is 111 Å². The average molecular weight is 320 g/mol. The lowest BCUT2D eigenvalue weighted by atomic mass is 10.2. The highest BCUT2D eigenvalue weighted by Crippen LogP contribution is 2.28. The van der Waals surface area contributed by atoms with Gasteiger partial charge >= 0.3 is 6.09 Å². The summed E-state index contributed by atoms with van der Waals surface area (Å²) < 4.78 is 23.1. The minimum atomic E-state index is -0.915. The van der Waals surface area contributed by atoms with Crippen molar-refractivity contribution in [1.82, 2.24) is 0 Å². The maximum Gasteiger partial charge on any atom is 0.404 e. The van der Waals surface area contributed by atoms with E-state index in [-0.39, 0.29) is 22.4 Å². The molecule has 5 nitrogen and oxygen atoms in total. The number of aldehydes is 1. The summed E-state index contributed by atoms with van der Waals surface area (Å²) >= 11 is 2.95. The van der Waals surface area contributed by atoms with Gasteiger partial charge in [-0.25, -0.2) is 9.18 Å². The summed E-state index contributed by atoms with van der Waals surface area (Å²) in [6.07, 6.45) is -0.959. The lowest BCUT2D eigenvalue weighted by Gasteiger charge is -2.16. The van der Waals surface area contributed by atoms with E-state index >= 15 is 0 Å². The summed E-state index contributed by atoms with van der Waals surface area (Å²) in [7, 11) is 0. The Balaban J connectivity index is 2.81. The molecule has 1 atom stereocenters. The third-order valence-electron chi connectivity index (χ3n) is 2.00. The molecule has 0 aliphatic heterocycles. The molecule has 0 radical (unpaired) electrons. The maximum atomic E-state index is 13.2. The van der Waals surface area contributed by atoms with Crippen molar-refractivity contribution in [2.45, 2.75) is 13.0 Å². The van der Waals surface area contributed by atoms with Gasteiger partial charge in [0.1, 0.15) is 24.3 Å². The zero-order valence-electron chi connectivity index (χ0n) is 9.48. The van der Waals surface area contributed by atoms with E-state index in [1.54, 1.807) is 6.92 Å². The van der Waals surface area contributed by atoms with Crippen LogP contribution in [0.2, 0.25) is 0 Å². The van der Waals surface area contributed by atoms with Crippen molar-refractivity contribution in [2.75, 3.05) is 6.61 Å². The number of nitrogens with two attached hydrogens (primary N) is 1. The molecule has 1 unspecified atom stereocenters. The van der Waals surface area contributed by atoms with E-state index < -0.39 is 18.0 Å². The summed E-state index contributed by atoms with van der Waals surface area (Å²) in [5.74, 6) is -0.371. The van der Waals surface area contributed by atoms with Crippen molar-refractivity contribution < 1.29 is 23.5 Å². The highest BCUT2D eigenvalue weighted by Gasteiger charge is 2.14. The van der Waals surface area contributed by atoms with Crippen molar-refractivity contribution in [2.24, 2.45) is 5.73 Å². The molecule has 0 aliphatic carbocycles. The number of amides is 1. The topological polar surface area (TPSA) is 78.6 Å². The number of primary amides is 1. The van der Waals surface area contributed by atoms with Crippen LogP contribution >= 0.6 is 15.9 Å². The molecule has 0 spiro atoms. The van der Waals surface area contributed by atoms with Crippen molar-refractivity contribution in [3.05, 3.63) is 28.0 Å². The van der Waals surface area contributed by atoms with E-state index in [0.717, 1.165) is 6.07 Å². The van der Waals surface area contributed by atoms with Gasteiger partial charge in [0.05, 0.1) is 10.0 Å². The first kappa shape index (κ1) is 14.4. The summed E-state index contributed by atoms with van der Waals surface area (Å²) in [5, 5.41) is 0. The Morgan fingerprint density at radius 1 is 1.61 bits per heavy atom. The molecule has 0 heterocycles. The molecule has 0 saturated heterocycles. The van der Waals surface area contributed by atoms with Crippen molar-refractivity contribution >= 4 is 28.3 Å². The third-order valence-corrected chi connectivity index (χ3v) is 2.80. The molecule has 1 amide bonds. The van der Waals surface area contributed by atoms with Crippen LogP contribution in [0.25, 0.3) is 0 Å². The summed E-state index contributed by atoms with van der Waals surface area (Å²) in [6.45, 7) is 1.55. The van der Waals surface area contributed by atoms with Gasteiger partial charge in [-0.1, -0.05) is 0 Å². The predicted octanol–water partition coefficient (Wildman–Crippen LogP) is 2.26. The van der Waals surface area contributed by atoms with E-state index in [2.05, 4.69) is 20.7 Å². The van der Waals surface area contributed by atoms with Crippen LogP contribution in [-0.2, 0) is 4.74 Å². The molecule has 18 heavy (non-hydrogen) atoms. The zero-order chi connectivity index (χ0) is 13.7. The quantitative estimate of drug-likeness (QED) is 0.844. The lowest BCUT2D eigenvalue weighted by Crippen LogP contribution is -2.24. The monoisotopic (exact) mass is 319 g/mol. The Morgan fingerprint density at radius 3 is 2.83 bits per heavy atom. The SMILES string of the molecule is CC(COC(N)=O)Oc1ccc(F)c(Br)c1C=O. The van der Waals surface area contributed by atoms with E-state index in [1.807, 2.05) is 0 Å². The van der Waals surface area contributed by atoms with Gasteiger partial charge in [0.15, 0.2) is 6.29 Å². The second-order valence-electron chi connectivity index (χ2n) is 3.45. The van der Waals surface area contributed by atoms with Crippen LogP contribution in [-0.4, -0.2) is 25.1 Å². The average Bonchev–Trinajstić information content (AvgIpc) is 2.32. The van der Waals surface area contributed by atoms with E-state index in [1.165, 1.54) is 6.07 Å². The summed E-state index contributed by atoms with van der Waals surface area (Å²) in [4.78, 5) is 21.3. The molecule has 0 aliphatic rings. The molecule has 2 N–H and O–H groups in total. The van der Waals surface area contributed by atoms with Crippen LogP contribution in [0.3, 0.4) is 0 Å². The van der Waals surface area contributed by atoms with Gasteiger partial charge in [-0.05, 0) is 35.0 Å². The van der Waals surface area contributed by atoms with E-state index in [0.29, 0.717) is 6.29 Å². The number of halogens is 2. The first-order chi connectivity index (χ1) is 8.45. The minimum absolute atomic E-state index is 0.0259. The van der Waals surface area contributed by atoms with E-state index in [9.17, 15) is 14.0 Å². The smallest absolute Gasteiger partial charge is 0.404 e. The van der Waals surface area contributed by atoms with Crippen molar-refractivity contribution in [3.8, 4) is 5.75 Å². The number of benzene rings is 1. The molecule has 0 fully saturated rings. The molecule has 98 valence electrons. The number of ether oxygens (including phenoxy) is 2. The van der Waals surface area contributed by atoms with Gasteiger partial charge in [-0.15, -0.1) is 0 Å². The highest BCUT2D eigenvalue weighted by atomic mass is 79.9. The van der Waals surface area contributed by atoms with Crippen LogP contribution in [0.4, 0.5) is 9.18 Å². The number of carbonyl (C=O) groups excluding carboxylic acids is 2. The second-order valence-corrected chi connectivity index (χ2v) is 4.24. The second kappa shape index (κ2) is 6.34. The molecule has 1 aromatic rings. The number of rotatable bonds is 5. The van der Waals surface area contributed by atoms with Crippen molar-refractivity contribution in [1.29, 1.82) is 0 Å². The Bertz CT molecular complexity index is 467. The molecule has 1 rings (SSSR count). The van der Waals surface area contributed by atoms with Gasteiger partial charge in [0.25, 0.3) is 0 Å². The highest BCUT2D eigenvalue weighted by molar-refractivity contribution is 9.10. The fourth-order valence-electron chi connectivity index (χ4n) is 1.21. The minimum Gasteiger partial charge on any atom is -0.486 e. The molecule has 0 bridgehead atoms. The van der Waals surface area contributed by atoms with Gasteiger partial charge in [-0.2, -0.15) is 0 Å². The largest absolute Gasteiger partial charge is 0.486 e. The van der Waals surface area contributed by atoms with Crippen LogP contribution in [0.5, 0.6) is 5.75 Å². The van der Waals surface area contributed by atoms with Gasteiger partial charge in [0.2, 0.25) is 0 Å². The molecule has 1 aromatic carbocycles. The molecular formula is C11H11BrFNO4. The fraction of sp³-hybridized carbons (Fsp3) is 0.273. The Morgan fingerprint density at radius 2 is 2.28 bits per heavy atom. The predicted molar refractivity (Wildman–Crippen MR) is 65.1 cm³/mol. The van der Waals surface area contributed by atoms with Crippen LogP contribution < -0.4 is 10.5 Å². The van der Waals surface area contributed by atoms with Gasteiger partial charge < -0.3 is 15.2 Å². The molecular weight excluding hydrogens is 309 g/mol. The standard InChI is InChI=1S/C11H11BrFNO4/c1-6(5-17-11(14)16)18-9-3-2-8(13)10(12)7(9)4-15/h2-4,6H,5H2,1H3,(H2,14,16).